The monoisotopic (exact) mass is 345 g/mol. The fourth-order valence-electron chi connectivity index (χ4n) is 4.13. The zero-order valence-corrected chi connectivity index (χ0v) is 15.2. The molecule has 0 saturated heterocycles. The average Bonchev–Trinajstić information content (AvgIpc) is 3.12. The molecule has 0 heterocycles. The molecule has 0 atom stereocenters. The Morgan fingerprint density at radius 1 is 0.481 bits per heavy atom. The summed E-state index contributed by atoms with van der Waals surface area (Å²) in [5.74, 6) is 0. The van der Waals surface area contributed by atoms with E-state index in [1.807, 2.05) is 0 Å². The molecule has 1 aliphatic rings. The Labute approximate surface area is 161 Å². The van der Waals surface area contributed by atoms with Gasteiger partial charge in [-0.3, -0.25) is 0 Å². The highest BCUT2D eigenvalue weighted by Gasteiger charge is 2.24. The maximum absolute atomic E-state index is 2.37. The summed E-state index contributed by atoms with van der Waals surface area (Å²) in [5.41, 5.74) is 11.1. The summed E-state index contributed by atoms with van der Waals surface area (Å²) < 4.78 is 0. The van der Waals surface area contributed by atoms with Crippen LogP contribution in [0.25, 0.3) is 11.1 Å². The van der Waals surface area contributed by atoms with Gasteiger partial charge >= 0.3 is 0 Å². The third kappa shape index (κ3) is 3.08. The molecule has 0 saturated carbocycles. The summed E-state index contributed by atoms with van der Waals surface area (Å²) in [6, 6.07) is 35.0. The largest absolute Gasteiger partial charge is 0.0622 e. The lowest BCUT2D eigenvalue weighted by molar-refractivity contribution is 1.14. The van der Waals surface area contributed by atoms with E-state index in [0.29, 0.717) is 0 Å². The molecule has 0 amide bonds. The van der Waals surface area contributed by atoms with Gasteiger partial charge in [-0.05, 0) is 57.3 Å². The van der Waals surface area contributed by atoms with Crippen LogP contribution in [0.5, 0.6) is 0 Å². The third-order valence-electron chi connectivity index (χ3n) is 5.43. The Hall–Kier alpha value is -3.12. The molecule has 0 nitrogen and oxygen atoms in total. The topological polar surface area (TPSA) is 0 Å². The first-order valence-electron chi connectivity index (χ1n) is 9.55. The second-order valence-corrected chi connectivity index (χ2v) is 7.23. The van der Waals surface area contributed by atoms with Crippen LogP contribution in [-0.4, -0.2) is 0 Å². The molecule has 0 heteroatoms. The van der Waals surface area contributed by atoms with Crippen LogP contribution in [0.4, 0.5) is 0 Å². The highest BCUT2D eigenvalue weighted by molar-refractivity contribution is 5.85. The summed E-state index contributed by atoms with van der Waals surface area (Å²) in [6.45, 7) is 0. The van der Waals surface area contributed by atoms with E-state index < -0.39 is 0 Å². The number of hydrogen-bond donors (Lipinski definition) is 0. The van der Waals surface area contributed by atoms with Gasteiger partial charge in [-0.1, -0.05) is 97.1 Å². The molecule has 0 N–H and O–H groups in total. The van der Waals surface area contributed by atoms with Gasteiger partial charge in [0.25, 0.3) is 0 Å². The van der Waals surface area contributed by atoms with E-state index in [0.717, 1.165) is 12.8 Å². The molecule has 5 rings (SSSR count). The normalized spacial score (nSPS) is 11.9. The van der Waals surface area contributed by atoms with Crippen molar-refractivity contribution in [3.8, 4) is 11.1 Å². The first-order chi connectivity index (χ1) is 13.4. The molecule has 129 valence electrons. The number of benzene rings is 4. The maximum atomic E-state index is 2.37. The minimum absolute atomic E-state index is 0.969. The van der Waals surface area contributed by atoms with Crippen molar-refractivity contribution in [2.45, 2.75) is 12.8 Å². The lowest BCUT2D eigenvalue weighted by Crippen LogP contribution is -1.98. The summed E-state index contributed by atoms with van der Waals surface area (Å²) in [4.78, 5) is 0. The second kappa shape index (κ2) is 6.89. The SMILES string of the molecule is [CH]1c2ccccc2-c2c(Cc3ccccc3)ccc(Cc3ccccc3)c21. The fraction of sp³-hybridized carbons (Fsp3) is 0.0741. The standard InChI is InChI=1S/C27H21/c1-3-9-20(10-4-1)17-23-15-16-24(18-21-11-5-2-6-12-21)27-25-14-8-7-13-22(25)19-26(23)27/h1-16,19H,17-18H2. The molecule has 0 aliphatic heterocycles. The van der Waals surface area contributed by atoms with Gasteiger partial charge in [-0.15, -0.1) is 0 Å². The van der Waals surface area contributed by atoms with Crippen molar-refractivity contribution in [3.05, 3.63) is 137 Å². The summed E-state index contributed by atoms with van der Waals surface area (Å²) in [5, 5.41) is 0. The van der Waals surface area contributed by atoms with E-state index in [1.165, 1.54) is 44.5 Å². The van der Waals surface area contributed by atoms with E-state index in [9.17, 15) is 0 Å². The Bertz CT molecular complexity index is 1080. The zero-order valence-electron chi connectivity index (χ0n) is 15.2. The van der Waals surface area contributed by atoms with Crippen molar-refractivity contribution < 1.29 is 0 Å². The van der Waals surface area contributed by atoms with Gasteiger partial charge in [0.2, 0.25) is 0 Å². The van der Waals surface area contributed by atoms with Crippen LogP contribution in [-0.2, 0) is 12.8 Å². The van der Waals surface area contributed by atoms with Crippen molar-refractivity contribution in [2.75, 3.05) is 0 Å². The summed E-state index contributed by atoms with van der Waals surface area (Å²) in [7, 11) is 0. The Balaban J connectivity index is 1.61. The van der Waals surface area contributed by atoms with E-state index in [1.54, 1.807) is 0 Å². The van der Waals surface area contributed by atoms with Gasteiger partial charge in [0.05, 0.1) is 0 Å². The van der Waals surface area contributed by atoms with Crippen LogP contribution >= 0.6 is 0 Å². The second-order valence-electron chi connectivity index (χ2n) is 7.23. The molecular weight excluding hydrogens is 324 g/mol. The highest BCUT2D eigenvalue weighted by Crippen LogP contribution is 2.43. The Morgan fingerprint density at radius 3 is 1.74 bits per heavy atom. The van der Waals surface area contributed by atoms with Crippen LogP contribution in [0.3, 0.4) is 0 Å². The molecule has 27 heavy (non-hydrogen) atoms. The van der Waals surface area contributed by atoms with Crippen LogP contribution in [0.1, 0.15) is 33.4 Å². The van der Waals surface area contributed by atoms with Crippen molar-refractivity contribution >= 4 is 0 Å². The van der Waals surface area contributed by atoms with E-state index in [4.69, 9.17) is 0 Å². The first-order valence-corrected chi connectivity index (χ1v) is 9.55. The van der Waals surface area contributed by atoms with Gasteiger partial charge in [0.1, 0.15) is 0 Å². The average molecular weight is 345 g/mol. The Kier molecular flexibility index (Phi) is 4.10. The lowest BCUT2D eigenvalue weighted by Gasteiger charge is -2.14. The zero-order chi connectivity index (χ0) is 18.1. The van der Waals surface area contributed by atoms with Crippen LogP contribution in [0.2, 0.25) is 0 Å². The molecule has 4 aromatic carbocycles. The van der Waals surface area contributed by atoms with E-state index in [-0.39, 0.29) is 0 Å². The van der Waals surface area contributed by atoms with Crippen molar-refractivity contribution in [3.63, 3.8) is 0 Å². The van der Waals surface area contributed by atoms with Gasteiger partial charge in [-0.2, -0.15) is 0 Å². The maximum Gasteiger partial charge on any atom is 0.0214 e. The fourth-order valence-corrected chi connectivity index (χ4v) is 4.13. The molecule has 1 radical (unpaired) electrons. The van der Waals surface area contributed by atoms with Gasteiger partial charge < -0.3 is 0 Å². The Morgan fingerprint density at radius 2 is 1.04 bits per heavy atom. The molecule has 1 aliphatic carbocycles. The molecule has 0 spiro atoms. The number of rotatable bonds is 4. The smallest absolute Gasteiger partial charge is 0.0214 e. The van der Waals surface area contributed by atoms with Gasteiger partial charge in [-0.25, -0.2) is 0 Å². The number of hydrogen-bond acceptors (Lipinski definition) is 0. The molecule has 0 fully saturated rings. The molecule has 4 aromatic rings. The van der Waals surface area contributed by atoms with Crippen molar-refractivity contribution in [2.24, 2.45) is 0 Å². The number of fused-ring (bicyclic) bond motifs is 3. The first kappa shape index (κ1) is 16.1. The van der Waals surface area contributed by atoms with Crippen LogP contribution < -0.4 is 0 Å². The van der Waals surface area contributed by atoms with Crippen molar-refractivity contribution in [1.29, 1.82) is 0 Å². The predicted octanol–water partition coefficient (Wildman–Crippen LogP) is 6.45. The van der Waals surface area contributed by atoms with Crippen LogP contribution in [0.15, 0.2) is 97.1 Å². The minimum Gasteiger partial charge on any atom is -0.0622 e. The van der Waals surface area contributed by atoms with Gasteiger partial charge in [0.15, 0.2) is 0 Å². The molecule has 0 aromatic heterocycles. The molecular formula is C27H21. The lowest BCUT2D eigenvalue weighted by atomic mass is 9.90. The van der Waals surface area contributed by atoms with E-state index in [2.05, 4.69) is 103 Å². The molecule has 0 unspecified atom stereocenters. The van der Waals surface area contributed by atoms with Gasteiger partial charge in [0, 0.05) is 6.42 Å². The third-order valence-corrected chi connectivity index (χ3v) is 5.43. The van der Waals surface area contributed by atoms with Crippen molar-refractivity contribution in [1.82, 2.24) is 0 Å². The highest BCUT2D eigenvalue weighted by atomic mass is 14.3. The minimum atomic E-state index is 0.969. The quantitative estimate of drug-likeness (QED) is 0.351. The predicted molar refractivity (Wildman–Crippen MR) is 113 cm³/mol. The summed E-state index contributed by atoms with van der Waals surface area (Å²) in [6.07, 6.45) is 4.31. The van der Waals surface area contributed by atoms with E-state index >= 15 is 0 Å². The molecule has 0 bridgehead atoms. The summed E-state index contributed by atoms with van der Waals surface area (Å²) >= 11 is 0. The van der Waals surface area contributed by atoms with Crippen LogP contribution in [0, 0.1) is 6.42 Å².